The third kappa shape index (κ3) is 4.79. The van der Waals surface area contributed by atoms with Gasteiger partial charge < -0.3 is 29.3 Å². The summed E-state index contributed by atoms with van der Waals surface area (Å²) in [6, 6.07) is 3.41. The van der Waals surface area contributed by atoms with Crippen molar-refractivity contribution < 1.29 is 19.0 Å². The summed E-state index contributed by atoms with van der Waals surface area (Å²) < 4.78 is 15.6. The fourth-order valence-electron chi connectivity index (χ4n) is 2.46. The molecular formula is C16H22ClN3O4S. The number of piperazine rings is 1. The normalized spacial score (nSPS) is 14.1. The molecule has 0 aliphatic carbocycles. The first kappa shape index (κ1) is 19.4. The van der Waals surface area contributed by atoms with Crippen LogP contribution in [0.4, 0.5) is 10.5 Å². The summed E-state index contributed by atoms with van der Waals surface area (Å²) in [4.78, 5) is 15.4. The Labute approximate surface area is 157 Å². The van der Waals surface area contributed by atoms with E-state index in [2.05, 4.69) is 5.32 Å². The minimum absolute atomic E-state index is 0.287. The molecule has 0 radical (unpaired) electrons. The molecular weight excluding hydrogens is 366 g/mol. The van der Waals surface area contributed by atoms with E-state index in [9.17, 15) is 4.79 Å². The topological polar surface area (TPSA) is 63.3 Å². The third-order valence-corrected chi connectivity index (χ3v) is 4.46. The predicted molar refractivity (Wildman–Crippen MR) is 101 cm³/mol. The summed E-state index contributed by atoms with van der Waals surface area (Å²) in [5, 5.41) is 4.17. The average Bonchev–Trinajstić information content (AvgIpc) is 2.63. The number of halogens is 1. The molecule has 138 valence electrons. The molecule has 1 N–H and O–H groups in total. The van der Waals surface area contributed by atoms with Crippen molar-refractivity contribution in [3.63, 3.8) is 0 Å². The lowest BCUT2D eigenvalue weighted by atomic mass is 10.2. The summed E-state index contributed by atoms with van der Waals surface area (Å²) in [5.74, 6) is 1.10. The predicted octanol–water partition coefficient (Wildman–Crippen LogP) is 2.83. The fraction of sp³-hybridized carbons (Fsp3) is 0.500. The van der Waals surface area contributed by atoms with Crippen LogP contribution in [0.15, 0.2) is 12.1 Å². The summed E-state index contributed by atoms with van der Waals surface area (Å²) in [6.07, 6.45) is -0.287. The molecule has 1 saturated heterocycles. The fourth-order valence-corrected chi connectivity index (χ4v) is 2.98. The molecule has 25 heavy (non-hydrogen) atoms. The quantitative estimate of drug-likeness (QED) is 0.797. The molecule has 9 heteroatoms. The molecule has 1 aromatic carbocycles. The van der Waals surface area contributed by atoms with Gasteiger partial charge in [-0.05, 0) is 19.1 Å². The van der Waals surface area contributed by atoms with E-state index in [1.54, 1.807) is 38.2 Å². The highest BCUT2D eigenvalue weighted by Crippen LogP contribution is 2.36. The van der Waals surface area contributed by atoms with Gasteiger partial charge in [0.15, 0.2) is 5.11 Å². The SMILES string of the molecule is CCOC(=O)N1CCN(C(=S)Nc2cc(OC)c(Cl)cc2OC)CC1. The van der Waals surface area contributed by atoms with Gasteiger partial charge in [-0.1, -0.05) is 11.6 Å². The minimum Gasteiger partial charge on any atom is -0.495 e. The van der Waals surface area contributed by atoms with Gasteiger partial charge in [0, 0.05) is 38.3 Å². The second kappa shape index (κ2) is 8.96. The number of carbonyl (C=O) groups is 1. The zero-order valence-electron chi connectivity index (χ0n) is 14.5. The Kier molecular flexibility index (Phi) is 6.95. The van der Waals surface area contributed by atoms with Crippen LogP contribution in [0.5, 0.6) is 11.5 Å². The van der Waals surface area contributed by atoms with Crippen molar-refractivity contribution in [2.75, 3.05) is 52.3 Å². The van der Waals surface area contributed by atoms with Gasteiger partial charge in [-0.3, -0.25) is 0 Å². The average molecular weight is 388 g/mol. The minimum atomic E-state index is -0.287. The first-order valence-corrected chi connectivity index (χ1v) is 8.67. The highest BCUT2D eigenvalue weighted by Gasteiger charge is 2.24. The molecule has 1 amide bonds. The van der Waals surface area contributed by atoms with E-state index in [0.29, 0.717) is 60.1 Å². The number of anilines is 1. The van der Waals surface area contributed by atoms with Gasteiger partial charge in [0.1, 0.15) is 11.5 Å². The van der Waals surface area contributed by atoms with E-state index in [-0.39, 0.29) is 6.09 Å². The molecule has 0 aromatic heterocycles. The molecule has 0 unspecified atom stereocenters. The lowest BCUT2D eigenvalue weighted by Crippen LogP contribution is -2.51. The zero-order valence-corrected chi connectivity index (χ0v) is 16.1. The van der Waals surface area contributed by atoms with E-state index >= 15 is 0 Å². The van der Waals surface area contributed by atoms with Crippen molar-refractivity contribution in [3.8, 4) is 11.5 Å². The number of nitrogens with zero attached hydrogens (tertiary/aromatic N) is 2. The molecule has 0 saturated carbocycles. The molecule has 1 heterocycles. The van der Waals surface area contributed by atoms with Crippen molar-refractivity contribution in [1.82, 2.24) is 9.80 Å². The van der Waals surface area contributed by atoms with Crippen molar-refractivity contribution >= 4 is 40.7 Å². The highest BCUT2D eigenvalue weighted by molar-refractivity contribution is 7.80. The van der Waals surface area contributed by atoms with E-state index in [1.807, 2.05) is 4.90 Å². The maximum absolute atomic E-state index is 11.7. The first-order valence-electron chi connectivity index (χ1n) is 7.89. The van der Waals surface area contributed by atoms with Crippen LogP contribution in [0.3, 0.4) is 0 Å². The van der Waals surface area contributed by atoms with Crippen LogP contribution in [-0.4, -0.2) is 68.0 Å². The van der Waals surface area contributed by atoms with Crippen molar-refractivity contribution in [2.24, 2.45) is 0 Å². The van der Waals surface area contributed by atoms with Crippen LogP contribution < -0.4 is 14.8 Å². The van der Waals surface area contributed by atoms with Crippen molar-refractivity contribution in [3.05, 3.63) is 17.2 Å². The van der Waals surface area contributed by atoms with Crippen molar-refractivity contribution in [1.29, 1.82) is 0 Å². The number of methoxy groups -OCH3 is 2. The molecule has 0 bridgehead atoms. The number of carbonyl (C=O) groups excluding carboxylic acids is 1. The second-order valence-electron chi connectivity index (χ2n) is 5.29. The van der Waals surface area contributed by atoms with E-state index in [0.717, 1.165) is 0 Å². The number of amides is 1. The largest absolute Gasteiger partial charge is 0.495 e. The number of ether oxygens (including phenoxy) is 3. The molecule has 1 aromatic rings. The molecule has 1 aliphatic heterocycles. The lowest BCUT2D eigenvalue weighted by molar-refractivity contribution is 0.0923. The molecule has 2 rings (SSSR count). The third-order valence-electron chi connectivity index (χ3n) is 3.81. The number of thiocarbonyl (C=S) groups is 1. The van der Waals surface area contributed by atoms with Gasteiger partial charge in [-0.25, -0.2) is 4.79 Å². The summed E-state index contributed by atoms with van der Waals surface area (Å²) >= 11 is 11.6. The Morgan fingerprint density at radius 2 is 1.76 bits per heavy atom. The van der Waals surface area contributed by atoms with E-state index in [1.165, 1.54) is 0 Å². The summed E-state index contributed by atoms with van der Waals surface area (Å²) in [7, 11) is 3.11. The number of hydrogen-bond donors (Lipinski definition) is 1. The van der Waals surface area contributed by atoms with Crippen LogP contribution in [-0.2, 0) is 4.74 Å². The standard InChI is InChI=1S/C16H22ClN3O4S/c1-4-24-16(21)20-7-5-19(6-8-20)15(25)18-12-10-13(22-2)11(17)9-14(12)23-3/h9-10H,4-8H2,1-3H3,(H,18,25). The Bertz CT molecular complexity index is 636. The monoisotopic (exact) mass is 387 g/mol. The van der Waals surface area contributed by atoms with Gasteiger partial charge in [0.05, 0.1) is 31.5 Å². The number of nitrogens with one attached hydrogen (secondary N) is 1. The molecule has 0 atom stereocenters. The van der Waals surface area contributed by atoms with E-state index in [4.69, 9.17) is 38.0 Å². The molecule has 1 fully saturated rings. The Morgan fingerprint density at radius 3 is 2.32 bits per heavy atom. The van der Waals surface area contributed by atoms with Crippen LogP contribution in [0, 0.1) is 0 Å². The van der Waals surface area contributed by atoms with Crippen LogP contribution >= 0.6 is 23.8 Å². The van der Waals surface area contributed by atoms with Crippen LogP contribution in [0.2, 0.25) is 5.02 Å². The van der Waals surface area contributed by atoms with Gasteiger partial charge in [0.25, 0.3) is 0 Å². The van der Waals surface area contributed by atoms with Crippen molar-refractivity contribution in [2.45, 2.75) is 6.92 Å². The smallest absolute Gasteiger partial charge is 0.409 e. The summed E-state index contributed by atoms with van der Waals surface area (Å²) in [6.45, 7) is 4.52. The van der Waals surface area contributed by atoms with Gasteiger partial charge in [-0.15, -0.1) is 0 Å². The highest BCUT2D eigenvalue weighted by atomic mass is 35.5. The van der Waals surface area contributed by atoms with Gasteiger partial charge in [-0.2, -0.15) is 0 Å². The van der Waals surface area contributed by atoms with E-state index < -0.39 is 0 Å². The van der Waals surface area contributed by atoms with Crippen LogP contribution in [0.1, 0.15) is 6.92 Å². The van der Waals surface area contributed by atoms with Crippen LogP contribution in [0.25, 0.3) is 0 Å². The second-order valence-corrected chi connectivity index (χ2v) is 6.08. The number of rotatable bonds is 4. The molecule has 7 nitrogen and oxygen atoms in total. The first-order chi connectivity index (χ1) is 12.0. The lowest BCUT2D eigenvalue weighted by Gasteiger charge is -2.35. The zero-order chi connectivity index (χ0) is 18.4. The Balaban J connectivity index is 2.00. The maximum Gasteiger partial charge on any atom is 0.409 e. The Hall–Kier alpha value is -1.93. The molecule has 1 aliphatic rings. The number of benzene rings is 1. The van der Waals surface area contributed by atoms with Gasteiger partial charge in [0.2, 0.25) is 0 Å². The van der Waals surface area contributed by atoms with Gasteiger partial charge >= 0.3 is 6.09 Å². The molecule has 0 spiro atoms. The Morgan fingerprint density at radius 1 is 1.16 bits per heavy atom. The summed E-state index contributed by atoms with van der Waals surface area (Å²) in [5.41, 5.74) is 0.668. The number of hydrogen-bond acceptors (Lipinski definition) is 5. The maximum atomic E-state index is 11.7.